The van der Waals surface area contributed by atoms with Crippen LogP contribution in [0.1, 0.15) is 6.92 Å². The Kier molecular flexibility index (Phi) is 3.55. The Labute approximate surface area is 93.0 Å². The normalized spacial score (nSPS) is 14.3. The lowest BCUT2D eigenvalue weighted by atomic mass is 10.0. The predicted octanol–water partition coefficient (Wildman–Crippen LogP) is 0.988. The maximum atomic E-state index is 11.1. The molecule has 0 saturated carbocycles. The van der Waals surface area contributed by atoms with Crippen LogP contribution in [0, 0.1) is 0 Å². The van der Waals surface area contributed by atoms with Crippen LogP contribution in [0.25, 0.3) is 0 Å². The lowest BCUT2D eigenvalue weighted by Gasteiger charge is -2.26. The summed E-state index contributed by atoms with van der Waals surface area (Å²) in [5.74, 6) is -0.620. The Morgan fingerprint density at radius 2 is 2.33 bits per heavy atom. The van der Waals surface area contributed by atoms with Crippen LogP contribution in [0.4, 0.5) is 5.69 Å². The Balaban J connectivity index is 2.89. The molecular formula is C10H13ClN2O2. The number of anilines is 1. The Hall–Kier alpha value is -1.26. The number of carbonyl (C=O) groups is 1. The van der Waals surface area contributed by atoms with Gasteiger partial charge in [0.2, 0.25) is 5.91 Å². The van der Waals surface area contributed by atoms with Crippen LogP contribution in [0.15, 0.2) is 24.3 Å². The average molecular weight is 229 g/mol. The van der Waals surface area contributed by atoms with Gasteiger partial charge in [0.1, 0.15) is 5.54 Å². The van der Waals surface area contributed by atoms with E-state index in [1.807, 2.05) is 0 Å². The van der Waals surface area contributed by atoms with Gasteiger partial charge in [-0.15, -0.1) is 0 Å². The molecule has 4 nitrogen and oxygen atoms in total. The summed E-state index contributed by atoms with van der Waals surface area (Å²) in [4.78, 5) is 11.1. The number of amides is 1. The zero-order valence-corrected chi connectivity index (χ0v) is 9.08. The number of benzene rings is 1. The van der Waals surface area contributed by atoms with E-state index in [-0.39, 0.29) is 6.61 Å². The van der Waals surface area contributed by atoms with Gasteiger partial charge in [-0.1, -0.05) is 17.7 Å². The van der Waals surface area contributed by atoms with Gasteiger partial charge in [0, 0.05) is 10.7 Å². The molecule has 0 fully saturated rings. The monoisotopic (exact) mass is 228 g/mol. The fourth-order valence-electron chi connectivity index (χ4n) is 1.06. The number of carbonyl (C=O) groups excluding carboxylic acids is 1. The minimum atomic E-state index is -1.18. The van der Waals surface area contributed by atoms with Crippen molar-refractivity contribution in [1.29, 1.82) is 0 Å². The molecule has 0 aliphatic heterocycles. The van der Waals surface area contributed by atoms with Crippen molar-refractivity contribution in [2.45, 2.75) is 12.5 Å². The number of hydrogen-bond acceptors (Lipinski definition) is 3. The third kappa shape index (κ3) is 2.84. The van der Waals surface area contributed by atoms with Gasteiger partial charge in [-0.05, 0) is 25.1 Å². The molecule has 0 aromatic heterocycles. The number of nitrogens with one attached hydrogen (secondary N) is 1. The zero-order valence-electron chi connectivity index (χ0n) is 8.33. The van der Waals surface area contributed by atoms with Crippen molar-refractivity contribution in [2.24, 2.45) is 5.73 Å². The summed E-state index contributed by atoms with van der Waals surface area (Å²) in [6.45, 7) is 1.14. The highest BCUT2D eigenvalue weighted by atomic mass is 35.5. The summed E-state index contributed by atoms with van der Waals surface area (Å²) in [7, 11) is 0. The Morgan fingerprint density at radius 3 is 2.80 bits per heavy atom. The van der Waals surface area contributed by atoms with Gasteiger partial charge in [-0.3, -0.25) is 4.79 Å². The summed E-state index contributed by atoms with van der Waals surface area (Å²) in [6.07, 6.45) is 0. The Bertz CT molecular complexity index is 370. The van der Waals surface area contributed by atoms with E-state index in [4.69, 9.17) is 22.4 Å². The molecule has 0 spiro atoms. The van der Waals surface area contributed by atoms with E-state index in [0.29, 0.717) is 10.7 Å². The van der Waals surface area contributed by atoms with Crippen LogP contribution in [-0.4, -0.2) is 23.2 Å². The first kappa shape index (κ1) is 11.8. The van der Waals surface area contributed by atoms with Crippen molar-refractivity contribution in [3.63, 3.8) is 0 Å². The van der Waals surface area contributed by atoms with Crippen LogP contribution >= 0.6 is 11.6 Å². The van der Waals surface area contributed by atoms with Gasteiger partial charge in [0.15, 0.2) is 0 Å². The fourth-order valence-corrected chi connectivity index (χ4v) is 1.25. The highest BCUT2D eigenvalue weighted by Gasteiger charge is 2.29. The van der Waals surface area contributed by atoms with E-state index in [2.05, 4.69) is 5.32 Å². The maximum Gasteiger partial charge on any atom is 0.245 e. The largest absolute Gasteiger partial charge is 0.393 e. The zero-order chi connectivity index (χ0) is 11.5. The van der Waals surface area contributed by atoms with Gasteiger partial charge < -0.3 is 16.2 Å². The second kappa shape index (κ2) is 4.51. The van der Waals surface area contributed by atoms with Crippen LogP contribution in [-0.2, 0) is 4.79 Å². The highest BCUT2D eigenvalue weighted by molar-refractivity contribution is 6.30. The number of primary amides is 1. The molecule has 0 bridgehead atoms. The highest BCUT2D eigenvalue weighted by Crippen LogP contribution is 2.19. The molecule has 0 radical (unpaired) electrons. The number of aliphatic hydroxyl groups excluding tert-OH is 1. The topological polar surface area (TPSA) is 75.3 Å². The van der Waals surface area contributed by atoms with Crippen LogP contribution < -0.4 is 11.1 Å². The van der Waals surface area contributed by atoms with Crippen molar-refractivity contribution < 1.29 is 9.90 Å². The molecular weight excluding hydrogens is 216 g/mol. The smallest absolute Gasteiger partial charge is 0.245 e. The van der Waals surface area contributed by atoms with Crippen molar-refractivity contribution in [3.8, 4) is 0 Å². The summed E-state index contributed by atoms with van der Waals surface area (Å²) in [6, 6.07) is 6.85. The Morgan fingerprint density at radius 1 is 1.67 bits per heavy atom. The third-order valence-corrected chi connectivity index (χ3v) is 2.34. The molecule has 1 aromatic carbocycles. The van der Waals surface area contributed by atoms with Crippen molar-refractivity contribution >= 4 is 23.2 Å². The van der Waals surface area contributed by atoms with Crippen LogP contribution in [0.2, 0.25) is 5.02 Å². The minimum Gasteiger partial charge on any atom is -0.393 e. The summed E-state index contributed by atoms with van der Waals surface area (Å²) < 4.78 is 0. The van der Waals surface area contributed by atoms with E-state index in [9.17, 15) is 4.79 Å². The summed E-state index contributed by atoms with van der Waals surface area (Å²) in [5, 5.41) is 12.5. The molecule has 15 heavy (non-hydrogen) atoms. The standard InChI is InChI=1S/C10H13ClN2O2/c1-10(6-14,9(12)15)13-8-4-2-3-7(11)5-8/h2-5,13-14H,6H2,1H3,(H2,12,15). The fraction of sp³-hybridized carbons (Fsp3) is 0.300. The van der Waals surface area contributed by atoms with E-state index in [1.54, 1.807) is 24.3 Å². The first-order valence-corrected chi connectivity index (χ1v) is 4.80. The van der Waals surface area contributed by atoms with Crippen molar-refractivity contribution in [3.05, 3.63) is 29.3 Å². The lowest BCUT2D eigenvalue weighted by Crippen LogP contribution is -2.50. The summed E-state index contributed by atoms with van der Waals surface area (Å²) >= 11 is 5.78. The van der Waals surface area contributed by atoms with E-state index in [0.717, 1.165) is 0 Å². The molecule has 1 atom stereocenters. The summed E-state index contributed by atoms with van der Waals surface area (Å²) in [5.41, 5.74) is 4.63. The van der Waals surface area contributed by atoms with Gasteiger partial charge in [-0.2, -0.15) is 0 Å². The second-order valence-electron chi connectivity index (χ2n) is 3.49. The minimum absolute atomic E-state index is 0.380. The molecule has 0 aliphatic rings. The molecule has 1 unspecified atom stereocenters. The van der Waals surface area contributed by atoms with Crippen LogP contribution in [0.5, 0.6) is 0 Å². The number of halogens is 1. The first-order chi connectivity index (χ1) is 6.98. The number of nitrogens with two attached hydrogens (primary N) is 1. The first-order valence-electron chi connectivity index (χ1n) is 4.42. The quantitative estimate of drug-likeness (QED) is 0.719. The lowest BCUT2D eigenvalue weighted by molar-refractivity contribution is -0.122. The number of rotatable bonds is 4. The second-order valence-corrected chi connectivity index (χ2v) is 3.93. The molecule has 1 aromatic rings. The third-order valence-electron chi connectivity index (χ3n) is 2.10. The molecule has 82 valence electrons. The van der Waals surface area contributed by atoms with Crippen LogP contribution in [0.3, 0.4) is 0 Å². The number of aliphatic hydroxyl groups is 1. The van der Waals surface area contributed by atoms with Crippen molar-refractivity contribution in [2.75, 3.05) is 11.9 Å². The average Bonchev–Trinajstić information content (AvgIpc) is 2.17. The van der Waals surface area contributed by atoms with Crippen molar-refractivity contribution in [1.82, 2.24) is 0 Å². The van der Waals surface area contributed by atoms with Gasteiger partial charge in [-0.25, -0.2) is 0 Å². The van der Waals surface area contributed by atoms with E-state index < -0.39 is 11.4 Å². The van der Waals surface area contributed by atoms with Gasteiger partial charge in [0.05, 0.1) is 6.61 Å². The maximum absolute atomic E-state index is 11.1. The molecule has 0 aliphatic carbocycles. The molecule has 1 rings (SSSR count). The molecule has 0 heterocycles. The predicted molar refractivity (Wildman–Crippen MR) is 59.8 cm³/mol. The van der Waals surface area contributed by atoms with E-state index in [1.165, 1.54) is 6.92 Å². The van der Waals surface area contributed by atoms with Gasteiger partial charge in [0.25, 0.3) is 0 Å². The molecule has 4 N–H and O–H groups in total. The number of hydrogen-bond donors (Lipinski definition) is 3. The molecule has 5 heteroatoms. The van der Waals surface area contributed by atoms with E-state index >= 15 is 0 Å². The SMILES string of the molecule is CC(CO)(Nc1cccc(Cl)c1)C(N)=O. The van der Waals surface area contributed by atoms with Gasteiger partial charge >= 0.3 is 0 Å². The molecule has 1 amide bonds. The molecule has 0 saturated heterocycles.